The third-order valence-corrected chi connectivity index (χ3v) is 4.02. The van der Waals surface area contributed by atoms with E-state index in [-0.39, 0.29) is 25.3 Å². The van der Waals surface area contributed by atoms with Crippen molar-refractivity contribution in [3.8, 4) is 0 Å². The Morgan fingerprint density at radius 1 is 1.45 bits per heavy atom. The molecule has 0 saturated heterocycles. The van der Waals surface area contributed by atoms with Crippen LogP contribution in [0.25, 0.3) is 0 Å². The Bertz CT molecular complexity index is 588. The lowest BCUT2D eigenvalue weighted by atomic mass is 10.1. The van der Waals surface area contributed by atoms with E-state index in [2.05, 4.69) is 15.9 Å². The Balaban J connectivity index is 2.25. The number of carboxylic acids is 1. The highest BCUT2D eigenvalue weighted by Crippen LogP contribution is 2.31. The van der Waals surface area contributed by atoms with E-state index < -0.39 is 17.9 Å². The van der Waals surface area contributed by atoms with Crippen molar-refractivity contribution in [1.29, 1.82) is 0 Å². The van der Waals surface area contributed by atoms with Gasteiger partial charge in [0.15, 0.2) is 0 Å². The molecule has 1 aliphatic heterocycles. The fourth-order valence-electron chi connectivity index (χ4n) is 2.28. The van der Waals surface area contributed by atoms with Gasteiger partial charge in [0.05, 0.1) is 0 Å². The van der Waals surface area contributed by atoms with E-state index in [0.717, 1.165) is 10.0 Å². The monoisotopic (exact) mass is 340 g/mol. The van der Waals surface area contributed by atoms with Crippen molar-refractivity contribution >= 4 is 33.7 Å². The van der Waals surface area contributed by atoms with Crippen LogP contribution in [0.4, 0.5) is 0 Å². The number of aliphatic carboxylic acids is 1. The van der Waals surface area contributed by atoms with E-state index in [1.165, 1.54) is 4.90 Å². The highest BCUT2D eigenvalue weighted by molar-refractivity contribution is 9.10. The number of rotatable bonds is 5. The SMILES string of the molecule is NC(=O)C(CCC(=O)O)N1Cc2c(Br)cccc2C1=O. The standard InChI is InChI=1S/C13H13BrN2O4/c14-9-3-1-2-7-8(9)6-16(13(7)20)10(12(15)19)4-5-11(17)18/h1-3,10H,4-6H2,(H2,15,19)(H,17,18). The summed E-state index contributed by atoms with van der Waals surface area (Å²) in [4.78, 5) is 35.8. The summed E-state index contributed by atoms with van der Waals surface area (Å²) in [5.74, 6) is -2.01. The lowest BCUT2D eigenvalue weighted by Crippen LogP contribution is -2.45. The Morgan fingerprint density at radius 2 is 2.15 bits per heavy atom. The number of hydrogen-bond donors (Lipinski definition) is 2. The van der Waals surface area contributed by atoms with Crippen LogP contribution >= 0.6 is 15.9 Å². The van der Waals surface area contributed by atoms with E-state index in [0.29, 0.717) is 5.56 Å². The molecule has 6 nitrogen and oxygen atoms in total. The number of amides is 2. The number of hydrogen-bond acceptors (Lipinski definition) is 3. The Morgan fingerprint density at radius 3 is 2.70 bits per heavy atom. The summed E-state index contributed by atoms with van der Waals surface area (Å²) in [6.07, 6.45) is -0.198. The molecule has 20 heavy (non-hydrogen) atoms. The van der Waals surface area contributed by atoms with Gasteiger partial charge in [-0.25, -0.2) is 0 Å². The van der Waals surface area contributed by atoms with Gasteiger partial charge in [0.2, 0.25) is 5.91 Å². The molecule has 1 aromatic rings. The van der Waals surface area contributed by atoms with Gasteiger partial charge in [-0.3, -0.25) is 14.4 Å². The molecule has 1 aromatic carbocycles. The molecule has 1 atom stereocenters. The number of halogens is 1. The third kappa shape index (κ3) is 2.67. The zero-order valence-corrected chi connectivity index (χ0v) is 12.1. The molecule has 0 spiro atoms. The van der Waals surface area contributed by atoms with Crippen molar-refractivity contribution in [2.45, 2.75) is 25.4 Å². The number of nitrogens with two attached hydrogens (primary N) is 1. The average Bonchev–Trinajstić information content (AvgIpc) is 2.69. The van der Waals surface area contributed by atoms with Gasteiger partial charge in [0.25, 0.3) is 5.91 Å². The first-order valence-corrected chi connectivity index (χ1v) is 6.80. The minimum atomic E-state index is -1.03. The van der Waals surface area contributed by atoms with Crippen LogP contribution in [0.15, 0.2) is 22.7 Å². The molecule has 0 bridgehead atoms. The van der Waals surface area contributed by atoms with Gasteiger partial charge in [-0.05, 0) is 24.1 Å². The average molecular weight is 341 g/mol. The van der Waals surface area contributed by atoms with Gasteiger partial charge in [-0.1, -0.05) is 22.0 Å². The first-order chi connectivity index (χ1) is 9.41. The van der Waals surface area contributed by atoms with Gasteiger partial charge in [-0.15, -0.1) is 0 Å². The topological polar surface area (TPSA) is 101 Å². The molecular weight excluding hydrogens is 328 g/mol. The third-order valence-electron chi connectivity index (χ3n) is 3.27. The van der Waals surface area contributed by atoms with E-state index in [1.54, 1.807) is 12.1 Å². The number of fused-ring (bicyclic) bond motifs is 1. The van der Waals surface area contributed by atoms with Crippen molar-refractivity contribution in [3.63, 3.8) is 0 Å². The minimum Gasteiger partial charge on any atom is -0.481 e. The molecule has 7 heteroatoms. The molecular formula is C13H13BrN2O4. The number of carbonyl (C=O) groups is 3. The molecule has 1 aliphatic rings. The van der Waals surface area contributed by atoms with Crippen LogP contribution in [0.3, 0.4) is 0 Å². The summed E-state index contributed by atoms with van der Waals surface area (Å²) < 4.78 is 0.785. The van der Waals surface area contributed by atoms with E-state index in [1.807, 2.05) is 6.07 Å². The largest absolute Gasteiger partial charge is 0.481 e. The first-order valence-electron chi connectivity index (χ1n) is 6.01. The fraction of sp³-hybridized carbons (Fsp3) is 0.308. The fourth-order valence-corrected chi connectivity index (χ4v) is 2.77. The van der Waals surface area contributed by atoms with Gasteiger partial charge >= 0.3 is 5.97 Å². The Hall–Kier alpha value is -1.89. The summed E-state index contributed by atoms with van der Waals surface area (Å²) in [5.41, 5.74) is 6.61. The van der Waals surface area contributed by atoms with Crippen LogP contribution < -0.4 is 5.73 Å². The summed E-state index contributed by atoms with van der Waals surface area (Å²) >= 11 is 3.36. The van der Waals surface area contributed by atoms with Gasteiger partial charge in [-0.2, -0.15) is 0 Å². The summed E-state index contributed by atoms with van der Waals surface area (Å²) in [6.45, 7) is 0.253. The molecule has 2 rings (SSSR count). The molecule has 0 aliphatic carbocycles. The number of carboxylic acid groups (broad SMARTS) is 1. The second-order valence-electron chi connectivity index (χ2n) is 4.55. The zero-order valence-electron chi connectivity index (χ0n) is 10.5. The number of nitrogens with zero attached hydrogens (tertiary/aromatic N) is 1. The molecule has 0 aromatic heterocycles. The molecule has 106 valence electrons. The maximum atomic E-state index is 12.3. The molecule has 0 radical (unpaired) electrons. The van der Waals surface area contributed by atoms with Crippen molar-refractivity contribution in [1.82, 2.24) is 4.90 Å². The molecule has 0 saturated carbocycles. The van der Waals surface area contributed by atoms with Crippen LogP contribution in [-0.2, 0) is 16.1 Å². The second kappa shape index (κ2) is 5.62. The van der Waals surface area contributed by atoms with Crippen LogP contribution in [0.2, 0.25) is 0 Å². The van der Waals surface area contributed by atoms with Crippen LogP contribution in [0.5, 0.6) is 0 Å². The summed E-state index contributed by atoms with van der Waals surface area (Å²) in [6, 6.07) is 4.32. The smallest absolute Gasteiger partial charge is 0.303 e. The highest BCUT2D eigenvalue weighted by Gasteiger charge is 2.36. The quantitative estimate of drug-likeness (QED) is 0.838. The molecule has 0 fully saturated rings. The molecule has 3 N–H and O–H groups in total. The number of benzene rings is 1. The van der Waals surface area contributed by atoms with E-state index >= 15 is 0 Å². The number of primary amides is 1. The number of carbonyl (C=O) groups excluding carboxylic acids is 2. The molecule has 2 amide bonds. The molecule has 1 heterocycles. The van der Waals surface area contributed by atoms with Crippen LogP contribution in [-0.4, -0.2) is 33.8 Å². The minimum absolute atomic E-state index is 0.0159. The first kappa shape index (κ1) is 14.5. The lowest BCUT2D eigenvalue weighted by molar-refractivity contribution is -0.137. The predicted molar refractivity (Wildman–Crippen MR) is 73.9 cm³/mol. The Kier molecular flexibility index (Phi) is 4.08. The maximum Gasteiger partial charge on any atom is 0.303 e. The van der Waals surface area contributed by atoms with E-state index in [4.69, 9.17) is 10.8 Å². The predicted octanol–water partition coefficient (Wildman–Crippen LogP) is 1.12. The van der Waals surface area contributed by atoms with Crippen molar-refractivity contribution in [2.75, 3.05) is 0 Å². The van der Waals surface area contributed by atoms with E-state index in [9.17, 15) is 14.4 Å². The van der Waals surface area contributed by atoms with Crippen molar-refractivity contribution < 1.29 is 19.5 Å². The van der Waals surface area contributed by atoms with Crippen LogP contribution in [0.1, 0.15) is 28.8 Å². The summed E-state index contributed by atoms with van der Waals surface area (Å²) in [5, 5.41) is 8.71. The highest BCUT2D eigenvalue weighted by atomic mass is 79.9. The van der Waals surface area contributed by atoms with Crippen molar-refractivity contribution in [3.05, 3.63) is 33.8 Å². The summed E-state index contributed by atoms with van der Waals surface area (Å²) in [7, 11) is 0. The van der Waals surface area contributed by atoms with Gasteiger partial charge < -0.3 is 15.7 Å². The van der Waals surface area contributed by atoms with Crippen LogP contribution in [0, 0.1) is 0 Å². The second-order valence-corrected chi connectivity index (χ2v) is 5.40. The normalized spacial score (nSPS) is 15.1. The Labute approximate surface area is 123 Å². The lowest BCUT2D eigenvalue weighted by Gasteiger charge is -2.24. The van der Waals surface area contributed by atoms with Gasteiger partial charge in [0, 0.05) is 23.0 Å². The maximum absolute atomic E-state index is 12.3. The zero-order chi connectivity index (χ0) is 14.9. The van der Waals surface area contributed by atoms with Crippen molar-refractivity contribution in [2.24, 2.45) is 5.73 Å². The van der Waals surface area contributed by atoms with Gasteiger partial charge in [0.1, 0.15) is 6.04 Å². The molecule has 1 unspecified atom stereocenters.